The van der Waals surface area contributed by atoms with Crippen LogP contribution >= 0.6 is 0 Å². The van der Waals surface area contributed by atoms with Gasteiger partial charge < -0.3 is 19.9 Å². The molecule has 13 heteroatoms. The van der Waals surface area contributed by atoms with Crippen molar-refractivity contribution in [2.24, 2.45) is 5.73 Å². The summed E-state index contributed by atoms with van der Waals surface area (Å²) in [6, 6.07) is 17.1. The highest BCUT2D eigenvalue weighted by molar-refractivity contribution is 7.92. The van der Waals surface area contributed by atoms with Crippen molar-refractivity contribution in [1.29, 1.82) is 0 Å². The van der Waals surface area contributed by atoms with Crippen molar-refractivity contribution < 1.29 is 32.1 Å². The number of anilines is 2. The van der Waals surface area contributed by atoms with E-state index in [-0.39, 0.29) is 18.8 Å². The molecule has 45 heavy (non-hydrogen) atoms. The van der Waals surface area contributed by atoms with Gasteiger partial charge in [-0.15, -0.1) is 0 Å². The molecule has 3 aromatic rings. The number of hydrogen-bond donors (Lipinski definition) is 3. The van der Waals surface area contributed by atoms with E-state index in [1.54, 1.807) is 6.92 Å². The number of ether oxygens (including phenoxy) is 1. The number of nitrogens with one attached hydrogen (secondary N) is 2. The summed E-state index contributed by atoms with van der Waals surface area (Å²) >= 11 is 0. The molecule has 2 aromatic carbocycles. The van der Waals surface area contributed by atoms with E-state index in [4.69, 9.17) is 15.0 Å². The number of carbonyl (C=O) groups is 3. The van der Waals surface area contributed by atoms with Crippen molar-refractivity contribution in [2.75, 3.05) is 23.3 Å². The van der Waals surface area contributed by atoms with Crippen LogP contribution in [0, 0.1) is 6.92 Å². The standard InChI is InChI=1S/C32H37N5O7S/c1-20-26(34-30(40)43-21(2)22-6-4-3-5-7-22)27(44-35-20)23-12-18-37(19-13-23)25-10-8-24(9-11-25)31(14-15-31)29(39)36-45(41,42)32(16-17-32)28(33)38/h3-11,21,23H,12-19H2,1-2H3,(H2,33,38)(H,34,40)(H,36,39)/t21-/m1/s1. The van der Waals surface area contributed by atoms with Crippen molar-refractivity contribution in [3.05, 3.63) is 77.2 Å². The van der Waals surface area contributed by atoms with Gasteiger partial charge in [0.25, 0.3) is 0 Å². The monoisotopic (exact) mass is 635 g/mol. The summed E-state index contributed by atoms with van der Waals surface area (Å²) in [6.45, 7) is 5.07. The summed E-state index contributed by atoms with van der Waals surface area (Å²) in [4.78, 5) is 39.8. The van der Waals surface area contributed by atoms with Crippen LogP contribution in [-0.4, -0.2) is 49.3 Å². The van der Waals surface area contributed by atoms with E-state index in [1.165, 1.54) is 0 Å². The van der Waals surface area contributed by atoms with Crippen LogP contribution in [-0.2, 0) is 29.8 Å². The summed E-state index contributed by atoms with van der Waals surface area (Å²) in [5, 5.41) is 6.95. The zero-order chi connectivity index (χ0) is 32.0. The molecule has 4 N–H and O–H groups in total. The minimum Gasteiger partial charge on any atom is -0.441 e. The zero-order valence-electron chi connectivity index (χ0n) is 25.2. The van der Waals surface area contributed by atoms with Gasteiger partial charge in [0.15, 0.2) is 10.5 Å². The molecule has 2 aliphatic carbocycles. The Bertz CT molecular complexity index is 1710. The molecule has 12 nitrogen and oxygen atoms in total. The second-order valence-corrected chi connectivity index (χ2v) is 14.3. The second kappa shape index (κ2) is 11.5. The van der Waals surface area contributed by atoms with Gasteiger partial charge >= 0.3 is 6.09 Å². The molecule has 3 aliphatic rings. The van der Waals surface area contributed by atoms with Crippen molar-refractivity contribution in [3.63, 3.8) is 0 Å². The molecule has 2 saturated carbocycles. The Labute approximate surface area is 261 Å². The molecule has 2 heterocycles. The van der Waals surface area contributed by atoms with Crippen LogP contribution in [0.3, 0.4) is 0 Å². The minimum atomic E-state index is -4.20. The Balaban J connectivity index is 1.06. The van der Waals surface area contributed by atoms with Crippen LogP contribution in [0.1, 0.15) is 80.1 Å². The molecule has 3 amide bonds. The summed E-state index contributed by atoms with van der Waals surface area (Å²) in [7, 11) is -4.20. The van der Waals surface area contributed by atoms with Crippen LogP contribution in [0.25, 0.3) is 0 Å². The average molecular weight is 636 g/mol. The van der Waals surface area contributed by atoms with Crippen LogP contribution in [0.15, 0.2) is 59.1 Å². The molecular weight excluding hydrogens is 598 g/mol. The SMILES string of the molecule is Cc1noc(C2CCN(c3ccc(C4(C(=O)NS(=O)(=O)C5(C(N)=O)CC5)CC4)cc3)CC2)c1NC(=O)O[C@H](C)c1ccccc1. The van der Waals surface area contributed by atoms with Crippen molar-refractivity contribution in [1.82, 2.24) is 9.88 Å². The van der Waals surface area contributed by atoms with E-state index in [1.807, 2.05) is 61.5 Å². The smallest absolute Gasteiger partial charge is 0.412 e. The first-order valence-electron chi connectivity index (χ1n) is 15.2. The Hall–Kier alpha value is -4.39. The van der Waals surface area contributed by atoms with Gasteiger partial charge in [-0.2, -0.15) is 0 Å². The van der Waals surface area contributed by atoms with Crippen LogP contribution in [0.5, 0.6) is 0 Å². The third-order valence-corrected chi connectivity index (χ3v) is 11.5. The number of amides is 3. The number of carbonyl (C=O) groups excluding carboxylic acids is 3. The van der Waals surface area contributed by atoms with Crippen molar-refractivity contribution in [2.45, 2.75) is 74.6 Å². The van der Waals surface area contributed by atoms with Crippen molar-refractivity contribution >= 4 is 39.3 Å². The number of nitrogens with zero attached hydrogens (tertiary/aromatic N) is 2. The quantitative estimate of drug-likeness (QED) is 0.295. The summed E-state index contributed by atoms with van der Waals surface area (Å²) in [5.41, 5.74) is 8.13. The normalized spacial score (nSPS) is 19.3. The molecule has 1 aromatic heterocycles. The largest absolute Gasteiger partial charge is 0.441 e. The maximum atomic E-state index is 13.1. The lowest BCUT2D eigenvalue weighted by atomic mass is 9.92. The predicted molar refractivity (Wildman–Crippen MR) is 166 cm³/mol. The number of hydrogen-bond acceptors (Lipinski definition) is 9. The number of nitrogens with two attached hydrogens (primary N) is 1. The van der Waals surface area contributed by atoms with Gasteiger partial charge in [-0.25, -0.2) is 13.2 Å². The molecule has 238 valence electrons. The molecular formula is C32H37N5O7S. The number of primary amides is 1. The van der Waals surface area contributed by atoms with Crippen LogP contribution in [0.4, 0.5) is 16.2 Å². The number of benzene rings is 2. The van der Waals surface area contributed by atoms with Crippen LogP contribution in [0.2, 0.25) is 0 Å². The molecule has 1 aliphatic heterocycles. The van der Waals surface area contributed by atoms with Gasteiger partial charge in [0.1, 0.15) is 17.5 Å². The Morgan fingerprint density at radius 1 is 1.02 bits per heavy atom. The van der Waals surface area contributed by atoms with Gasteiger partial charge in [-0.3, -0.25) is 19.6 Å². The van der Waals surface area contributed by atoms with E-state index in [2.05, 4.69) is 20.1 Å². The molecule has 1 atom stereocenters. The third-order valence-electron chi connectivity index (χ3n) is 9.40. The average Bonchev–Trinajstić information content (AvgIpc) is 3.95. The molecule has 6 rings (SSSR count). The molecule has 1 saturated heterocycles. The lowest BCUT2D eigenvalue weighted by molar-refractivity contribution is -0.121. The van der Waals surface area contributed by atoms with Gasteiger partial charge in [0.2, 0.25) is 21.8 Å². The Kier molecular flexibility index (Phi) is 7.84. The van der Waals surface area contributed by atoms with E-state index < -0.39 is 44.2 Å². The summed E-state index contributed by atoms with van der Waals surface area (Å²) in [5.74, 6) is -0.858. The molecule has 0 unspecified atom stereocenters. The van der Waals surface area contributed by atoms with E-state index in [0.29, 0.717) is 30.0 Å². The van der Waals surface area contributed by atoms with Gasteiger partial charge in [0.05, 0.1) is 5.41 Å². The maximum Gasteiger partial charge on any atom is 0.412 e. The van der Waals surface area contributed by atoms with Gasteiger partial charge in [-0.05, 0) is 75.6 Å². The highest BCUT2D eigenvalue weighted by atomic mass is 32.2. The highest BCUT2D eigenvalue weighted by Gasteiger charge is 2.62. The molecule has 0 radical (unpaired) electrons. The zero-order valence-corrected chi connectivity index (χ0v) is 26.1. The fourth-order valence-corrected chi connectivity index (χ4v) is 7.68. The highest BCUT2D eigenvalue weighted by Crippen LogP contribution is 2.50. The topological polar surface area (TPSA) is 174 Å². The Morgan fingerprint density at radius 2 is 1.67 bits per heavy atom. The number of aryl methyl sites for hydroxylation is 1. The van der Waals surface area contributed by atoms with E-state index in [9.17, 15) is 22.8 Å². The molecule has 0 bridgehead atoms. The minimum absolute atomic E-state index is 0.0547. The summed E-state index contributed by atoms with van der Waals surface area (Å²) in [6.07, 6.45) is 1.84. The third kappa shape index (κ3) is 5.76. The first-order chi connectivity index (χ1) is 21.5. The number of rotatable bonds is 10. The first-order valence-corrected chi connectivity index (χ1v) is 16.6. The van der Waals surface area contributed by atoms with Crippen molar-refractivity contribution in [3.8, 4) is 0 Å². The molecule has 3 fully saturated rings. The Morgan fingerprint density at radius 3 is 2.24 bits per heavy atom. The second-order valence-electron chi connectivity index (χ2n) is 12.3. The van der Waals surface area contributed by atoms with Gasteiger partial charge in [-0.1, -0.05) is 47.6 Å². The lowest BCUT2D eigenvalue weighted by Gasteiger charge is -2.33. The van der Waals surface area contributed by atoms with Crippen LogP contribution < -0.4 is 20.7 Å². The first kappa shape index (κ1) is 30.6. The van der Waals surface area contributed by atoms with E-state index in [0.717, 1.165) is 42.7 Å². The van der Waals surface area contributed by atoms with E-state index >= 15 is 0 Å². The van der Waals surface area contributed by atoms with Gasteiger partial charge in [0, 0.05) is 24.7 Å². The fourth-order valence-electron chi connectivity index (χ4n) is 6.14. The number of sulfonamides is 1. The fraction of sp³-hybridized carbons (Fsp3) is 0.438. The summed E-state index contributed by atoms with van der Waals surface area (Å²) < 4.78 is 37.2. The number of piperidine rings is 1. The maximum absolute atomic E-state index is 13.1. The lowest BCUT2D eigenvalue weighted by Crippen LogP contribution is -2.49. The number of aromatic nitrogens is 1. The predicted octanol–water partition coefficient (Wildman–Crippen LogP) is 4.17. The molecule has 0 spiro atoms.